The topological polar surface area (TPSA) is 50.8 Å². The van der Waals surface area contributed by atoms with Crippen molar-refractivity contribution in [3.63, 3.8) is 0 Å². The molecule has 0 saturated carbocycles. The lowest BCUT2D eigenvalue weighted by molar-refractivity contribution is 0.0323. The molecule has 0 atom stereocenters. The number of hydrogen-bond donors (Lipinski definition) is 1. The van der Waals surface area contributed by atoms with Crippen LogP contribution in [0.1, 0.15) is 10.4 Å². The number of nitrogens with one attached hydrogen (secondary N) is 1. The van der Waals surface area contributed by atoms with E-state index in [-0.39, 0.29) is 5.91 Å². The van der Waals surface area contributed by atoms with Crippen molar-refractivity contribution in [2.45, 2.75) is 0 Å². The molecule has 6 heteroatoms. The summed E-state index contributed by atoms with van der Waals surface area (Å²) in [5, 5.41) is 4.97. The zero-order valence-electron chi connectivity index (χ0n) is 16.1. The van der Waals surface area contributed by atoms with Gasteiger partial charge in [-0.05, 0) is 30.3 Å². The van der Waals surface area contributed by atoms with Crippen molar-refractivity contribution < 1.29 is 14.3 Å². The molecule has 0 radical (unpaired) electrons. The highest BCUT2D eigenvalue weighted by Crippen LogP contribution is 2.32. The van der Waals surface area contributed by atoms with E-state index in [1.165, 1.54) is 0 Å². The van der Waals surface area contributed by atoms with E-state index in [1.807, 2.05) is 48.5 Å². The van der Waals surface area contributed by atoms with Crippen molar-refractivity contribution >= 4 is 38.3 Å². The van der Waals surface area contributed by atoms with E-state index in [0.717, 1.165) is 59.5 Å². The number of anilines is 1. The van der Waals surface area contributed by atoms with Crippen molar-refractivity contribution in [2.24, 2.45) is 0 Å². The molecule has 1 N–H and O–H groups in total. The highest BCUT2D eigenvalue weighted by molar-refractivity contribution is 9.10. The van der Waals surface area contributed by atoms with Gasteiger partial charge in [-0.25, -0.2) is 0 Å². The van der Waals surface area contributed by atoms with E-state index in [0.29, 0.717) is 12.2 Å². The van der Waals surface area contributed by atoms with Crippen LogP contribution < -0.4 is 10.1 Å². The van der Waals surface area contributed by atoms with Gasteiger partial charge >= 0.3 is 0 Å². The maximum absolute atomic E-state index is 12.7. The Kier molecular flexibility index (Phi) is 6.44. The highest BCUT2D eigenvalue weighted by Gasteiger charge is 2.13. The van der Waals surface area contributed by atoms with Gasteiger partial charge < -0.3 is 14.8 Å². The van der Waals surface area contributed by atoms with Gasteiger partial charge in [-0.1, -0.05) is 46.3 Å². The van der Waals surface area contributed by atoms with Crippen molar-refractivity contribution in [1.82, 2.24) is 4.90 Å². The molecule has 3 aromatic carbocycles. The molecule has 3 aromatic rings. The van der Waals surface area contributed by atoms with Crippen molar-refractivity contribution in [2.75, 3.05) is 44.8 Å². The monoisotopic (exact) mass is 454 g/mol. The Morgan fingerprint density at radius 1 is 1.03 bits per heavy atom. The van der Waals surface area contributed by atoms with Gasteiger partial charge in [-0.15, -0.1) is 0 Å². The highest BCUT2D eigenvalue weighted by atomic mass is 79.9. The summed E-state index contributed by atoms with van der Waals surface area (Å²) in [4.78, 5) is 15.0. The Morgan fingerprint density at radius 2 is 1.83 bits per heavy atom. The number of benzene rings is 3. The van der Waals surface area contributed by atoms with Crippen LogP contribution in [-0.4, -0.2) is 50.3 Å². The molecule has 29 heavy (non-hydrogen) atoms. The van der Waals surface area contributed by atoms with Gasteiger partial charge in [0.25, 0.3) is 5.91 Å². The number of carbonyl (C=O) groups is 1. The average molecular weight is 455 g/mol. The number of rotatable bonds is 6. The fraction of sp³-hybridized carbons (Fsp3) is 0.261. The number of morpholine rings is 1. The van der Waals surface area contributed by atoms with E-state index in [4.69, 9.17) is 9.47 Å². The minimum absolute atomic E-state index is 0.141. The smallest absolute Gasteiger partial charge is 0.255 e. The molecule has 1 saturated heterocycles. The lowest BCUT2D eigenvalue weighted by atomic mass is 10.1. The van der Waals surface area contributed by atoms with Gasteiger partial charge in [0, 0.05) is 46.1 Å². The summed E-state index contributed by atoms with van der Waals surface area (Å²) in [6.45, 7) is 4.97. The van der Waals surface area contributed by atoms with Crippen LogP contribution in [0.25, 0.3) is 10.8 Å². The van der Waals surface area contributed by atoms with E-state index < -0.39 is 0 Å². The second-order valence-electron chi connectivity index (χ2n) is 6.92. The molecule has 1 aliphatic rings. The van der Waals surface area contributed by atoms with Crippen molar-refractivity contribution in [3.8, 4) is 5.75 Å². The quantitative estimate of drug-likeness (QED) is 0.592. The molecule has 0 aliphatic carbocycles. The van der Waals surface area contributed by atoms with Crippen LogP contribution in [0.15, 0.2) is 65.1 Å². The molecule has 5 nitrogen and oxygen atoms in total. The first-order chi connectivity index (χ1) is 14.2. The number of hydrogen-bond acceptors (Lipinski definition) is 4. The summed E-state index contributed by atoms with van der Waals surface area (Å²) in [5.41, 5.74) is 1.38. The summed E-state index contributed by atoms with van der Waals surface area (Å²) in [6.07, 6.45) is 0. The number of amides is 1. The fourth-order valence-electron chi connectivity index (χ4n) is 3.44. The predicted octanol–water partition coefficient (Wildman–Crippen LogP) is 4.57. The van der Waals surface area contributed by atoms with E-state index in [2.05, 4.69) is 26.1 Å². The van der Waals surface area contributed by atoms with E-state index in [1.54, 1.807) is 12.1 Å². The molecule has 0 spiro atoms. The lowest BCUT2D eigenvalue weighted by Crippen LogP contribution is -2.38. The first-order valence-electron chi connectivity index (χ1n) is 9.72. The zero-order valence-corrected chi connectivity index (χ0v) is 17.7. The van der Waals surface area contributed by atoms with Gasteiger partial charge in [0.05, 0.1) is 13.2 Å². The minimum atomic E-state index is -0.141. The molecule has 0 bridgehead atoms. The number of carbonyl (C=O) groups excluding carboxylic acids is 1. The normalized spacial score (nSPS) is 14.7. The fourth-order valence-corrected chi connectivity index (χ4v) is 3.84. The first kappa shape index (κ1) is 19.9. The number of fused-ring (bicyclic) bond motifs is 1. The third kappa shape index (κ3) is 4.96. The molecule has 0 aromatic heterocycles. The van der Waals surface area contributed by atoms with Crippen LogP contribution in [0.4, 0.5) is 5.69 Å². The summed E-state index contributed by atoms with van der Waals surface area (Å²) in [5.74, 6) is 0.687. The summed E-state index contributed by atoms with van der Waals surface area (Å²) < 4.78 is 12.3. The maximum atomic E-state index is 12.7. The first-order valence-corrected chi connectivity index (χ1v) is 10.5. The van der Waals surface area contributed by atoms with Crippen molar-refractivity contribution in [1.29, 1.82) is 0 Å². The van der Waals surface area contributed by atoms with E-state index in [9.17, 15) is 4.79 Å². The molecule has 1 fully saturated rings. The number of halogens is 1. The second-order valence-corrected chi connectivity index (χ2v) is 7.84. The van der Waals surface area contributed by atoms with Crippen LogP contribution in [-0.2, 0) is 4.74 Å². The number of ether oxygens (including phenoxy) is 2. The van der Waals surface area contributed by atoms with Crippen LogP contribution in [0.2, 0.25) is 0 Å². The third-order valence-corrected chi connectivity index (χ3v) is 5.48. The average Bonchev–Trinajstić information content (AvgIpc) is 2.76. The Balaban J connectivity index is 1.49. The van der Waals surface area contributed by atoms with Crippen LogP contribution in [0, 0.1) is 0 Å². The van der Waals surface area contributed by atoms with Gasteiger partial charge in [-0.3, -0.25) is 9.69 Å². The Morgan fingerprint density at radius 3 is 2.62 bits per heavy atom. The maximum Gasteiger partial charge on any atom is 0.255 e. The largest absolute Gasteiger partial charge is 0.492 e. The Bertz CT molecular complexity index is 1000. The van der Waals surface area contributed by atoms with Gasteiger partial charge in [0.1, 0.15) is 12.4 Å². The van der Waals surface area contributed by atoms with Crippen LogP contribution in [0.3, 0.4) is 0 Å². The van der Waals surface area contributed by atoms with Crippen LogP contribution in [0.5, 0.6) is 5.75 Å². The molecule has 4 rings (SSSR count). The standard InChI is InChI=1S/C23H23BrN2O3/c24-18-5-3-4-17(16-18)23(27)25-21-8-9-22(20-7-2-1-6-19(20)21)29-15-12-26-10-13-28-14-11-26/h1-9,16H,10-15H2,(H,25,27). The molecular formula is C23H23BrN2O3. The lowest BCUT2D eigenvalue weighted by Gasteiger charge is -2.26. The summed E-state index contributed by atoms with van der Waals surface area (Å²) in [6, 6.07) is 19.2. The van der Waals surface area contributed by atoms with Gasteiger partial charge in [0.2, 0.25) is 0 Å². The molecule has 150 valence electrons. The molecule has 1 amide bonds. The minimum Gasteiger partial charge on any atom is -0.492 e. The summed E-state index contributed by atoms with van der Waals surface area (Å²) in [7, 11) is 0. The molecule has 1 heterocycles. The number of nitrogens with zero attached hydrogens (tertiary/aromatic N) is 1. The zero-order chi connectivity index (χ0) is 20.1. The molecule has 1 aliphatic heterocycles. The summed E-state index contributed by atoms with van der Waals surface area (Å²) >= 11 is 3.41. The Hall–Kier alpha value is -2.41. The van der Waals surface area contributed by atoms with Crippen LogP contribution >= 0.6 is 15.9 Å². The second kappa shape index (κ2) is 9.39. The Labute approximate surface area is 178 Å². The predicted molar refractivity (Wildman–Crippen MR) is 119 cm³/mol. The molecular weight excluding hydrogens is 432 g/mol. The van der Waals surface area contributed by atoms with E-state index >= 15 is 0 Å². The van der Waals surface area contributed by atoms with Crippen molar-refractivity contribution in [3.05, 3.63) is 70.7 Å². The SMILES string of the molecule is O=C(Nc1ccc(OCCN2CCOCC2)c2ccccc12)c1cccc(Br)c1. The third-order valence-electron chi connectivity index (χ3n) is 4.99. The van der Waals surface area contributed by atoms with Gasteiger partial charge in [-0.2, -0.15) is 0 Å². The van der Waals surface area contributed by atoms with Gasteiger partial charge in [0.15, 0.2) is 0 Å². The molecule has 0 unspecified atom stereocenters.